The molecule has 0 amide bonds. The lowest BCUT2D eigenvalue weighted by Gasteiger charge is -2.25. The summed E-state index contributed by atoms with van der Waals surface area (Å²) in [7, 11) is -1.81. The number of nitrogens with one attached hydrogen (secondary N) is 2. The van der Waals surface area contributed by atoms with Crippen molar-refractivity contribution in [2.75, 3.05) is 45.3 Å². The van der Waals surface area contributed by atoms with Gasteiger partial charge in [-0.1, -0.05) is 0 Å². The summed E-state index contributed by atoms with van der Waals surface area (Å²) in [5.41, 5.74) is 0. The molecule has 21 heavy (non-hydrogen) atoms. The van der Waals surface area contributed by atoms with Crippen LogP contribution in [0.1, 0.15) is 6.92 Å². The molecule has 0 unspecified atom stereocenters. The summed E-state index contributed by atoms with van der Waals surface area (Å²) in [4.78, 5) is 3.23. The molecule has 8 heteroatoms. The van der Waals surface area contributed by atoms with E-state index in [1.807, 2.05) is 6.92 Å². The Kier molecular flexibility index (Phi) is 5.51. The predicted molar refractivity (Wildman–Crippen MR) is 77.5 cm³/mol. The molecule has 1 atom stereocenters. The van der Waals surface area contributed by atoms with Gasteiger partial charge in [0.1, 0.15) is 17.1 Å². The Morgan fingerprint density at radius 1 is 1.43 bits per heavy atom. The molecule has 0 aromatic carbocycles. The van der Waals surface area contributed by atoms with Crippen molar-refractivity contribution in [1.29, 1.82) is 0 Å². The maximum absolute atomic E-state index is 12.4. The summed E-state index contributed by atoms with van der Waals surface area (Å²) in [5, 5.41) is 3.19. The van der Waals surface area contributed by atoms with Crippen LogP contribution in [0.2, 0.25) is 0 Å². The molecule has 1 saturated heterocycles. The quantitative estimate of drug-likeness (QED) is 0.797. The van der Waals surface area contributed by atoms with E-state index in [1.165, 1.54) is 10.5 Å². The highest BCUT2D eigenvalue weighted by molar-refractivity contribution is 7.89. The van der Waals surface area contributed by atoms with Crippen LogP contribution >= 0.6 is 0 Å². The molecule has 0 spiro atoms. The smallest absolute Gasteiger partial charge is 0.272 e. The largest absolute Gasteiger partial charge is 0.380 e. The normalized spacial score (nSPS) is 18.4. The van der Waals surface area contributed by atoms with Crippen LogP contribution < -0.4 is 10.3 Å². The highest BCUT2D eigenvalue weighted by atomic mass is 32.2. The number of pyridine rings is 1. The van der Waals surface area contributed by atoms with Crippen LogP contribution in [0.5, 0.6) is 0 Å². The van der Waals surface area contributed by atoms with E-state index in [0.29, 0.717) is 32.9 Å². The molecule has 0 saturated carbocycles. The highest BCUT2D eigenvalue weighted by Gasteiger charge is 2.27. The standard InChI is InChI=1S/C13H21N3O4S/c1-11(10-19-2)15-13-4-3-12(9-14-13)21(17,18)16-5-7-20-8-6-16/h3-4,9,11H,5-8,10H2,1-2H3,(H,14,15)/p+1/t11-/m1/s1. The molecule has 0 radical (unpaired) electrons. The Morgan fingerprint density at radius 2 is 2.14 bits per heavy atom. The molecule has 2 rings (SSSR count). The summed E-state index contributed by atoms with van der Waals surface area (Å²) in [6, 6.07) is 3.45. The van der Waals surface area contributed by atoms with Gasteiger partial charge in [-0.15, -0.1) is 0 Å². The fourth-order valence-corrected chi connectivity index (χ4v) is 3.53. The number of hydrogen-bond acceptors (Lipinski definition) is 5. The molecule has 7 nitrogen and oxygen atoms in total. The number of hydrogen-bond donors (Lipinski definition) is 1. The van der Waals surface area contributed by atoms with Crippen LogP contribution in [0.3, 0.4) is 0 Å². The Balaban J connectivity index is 2.07. The van der Waals surface area contributed by atoms with E-state index in [2.05, 4.69) is 10.3 Å². The van der Waals surface area contributed by atoms with E-state index < -0.39 is 10.0 Å². The van der Waals surface area contributed by atoms with Crippen LogP contribution in [-0.2, 0) is 19.5 Å². The molecule has 2 heterocycles. The highest BCUT2D eigenvalue weighted by Crippen LogP contribution is 2.16. The van der Waals surface area contributed by atoms with Gasteiger partial charge in [0.25, 0.3) is 5.82 Å². The van der Waals surface area contributed by atoms with E-state index in [0.717, 1.165) is 5.82 Å². The fourth-order valence-electron chi connectivity index (χ4n) is 2.15. The number of H-pyrrole nitrogens is 1. The zero-order valence-electron chi connectivity index (χ0n) is 12.3. The van der Waals surface area contributed by atoms with Crippen molar-refractivity contribution in [3.8, 4) is 0 Å². The second-order valence-electron chi connectivity index (χ2n) is 4.96. The third-order valence-electron chi connectivity index (χ3n) is 3.21. The van der Waals surface area contributed by atoms with Gasteiger partial charge in [-0.2, -0.15) is 4.31 Å². The summed E-state index contributed by atoms with van der Waals surface area (Å²) in [5.74, 6) is 0.750. The van der Waals surface area contributed by atoms with Crippen molar-refractivity contribution >= 4 is 15.8 Å². The van der Waals surface area contributed by atoms with Crippen LogP contribution in [0.15, 0.2) is 23.2 Å². The van der Waals surface area contributed by atoms with Crippen molar-refractivity contribution in [1.82, 2.24) is 4.31 Å². The molecule has 1 fully saturated rings. The Labute approximate surface area is 125 Å². The van der Waals surface area contributed by atoms with Crippen LogP contribution in [0, 0.1) is 0 Å². The Hall–Kier alpha value is -1.22. The van der Waals surface area contributed by atoms with Crippen molar-refractivity contribution in [3.05, 3.63) is 18.3 Å². The molecular formula is C13H22N3O4S+. The second kappa shape index (κ2) is 7.17. The summed E-state index contributed by atoms with van der Waals surface area (Å²) < 4.78 is 36.5. The first kappa shape index (κ1) is 16.2. The lowest BCUT2D eigenvalue weighted by molar-refractivity contribution is -0.364. The zero-order chi connectivity index (χ0) is 15.3. The zero-order valence-corrected chi connectivity index (χ0v) is 13.1. The minimum absolute atomic E-state index is 0.132. The molecule has 1 aliphatic rings. The van der Waals surface area contributed by atoms with E-state index >= 15 is 0 Å². The molecule has 1 aliphatic heterocycles. The van der Waals surface area contributed by atoms with E-state index in [9.17, 15) is 8.42 Å². The topological polar surface area (TPSA) is 82.0 Å². The number of ether oxygens (including phenoxy) is 2. The molecule has 1 aromatic rings. The number of aromatic nitrogens is 1. The molecule has 118 valence electrons. The third-order valence-corrected chi connectivity index (χ3v) is 5.11. The lowest BCUT2D eigenvalue weighted by atomic mass is 10.3. The summed E-state index contributed by atoms with van der Waals surface area (Å²) >= 11 is 0. The van der Waals surface area contributed by atoms with Crippen molar-refractivity contribution in [2.24, 2.45) is 0 Å². The van der Waals surface area contributed by atoms with Gasteiger partial charge in [-0.05, 0) is 13.0 Å². The second-order valence-corrected chi connectivity index (χ2v) is 6.89. The van der Waals surface area contributed by atoms with E-state index in [1.54, 1.807) is 19.2 Å². The number of anilines is 1. The average Bonchev–Trinajstić information content (AvgIpc) is 2.49. The number of rotatable bonds is 6. The third kappa shape index (κ3) is 4.13. The minimum atomic E-state index is -3.45. The Bertz CT molecular complexity index is 541. The van der Waals surface area contributed by atoms with Crippen LogP contribution in [0.25, 0.3) is 0 Å². The molecular weight excluding hydrogens is 294 g/mol. The van der Waals surface area contributed by atoms with Gasteiger partial charge in [0, 0.05) is 26.3 Å². The number of nitrogens with zero attached hydrogens (tertiary/aromatic N) is 1. The molecule has 0 bridgehead atoms. The first-order valence-corrected chi connectivity index (χ1v) is 8.33. The van der Waals surface area contributed by atoms with Crippen LogP contribution in [-0.4, -0.2) is 58.8 Å². The van der Waals surface area contributed by atoms with E-state index in [4.69, 9.17) is 9.47 Å². The van der Waals surface area contributed by atoms with Gasteiger partial charge in [0.2, 0.25) is 10.0 Å². The van der Waals surface area contributed by atoms with Gasteiger partial charge in [0.05, 0.1) is 19.8 Å². The van der Waals surface area contributed by atoms with Gasteiger partial charge < -0.3 is 9.47 Å². The lowest BCUT2D eigenvalue weighted by Crippen LogP contribution is -2.40. The first-order valence-electron chi connectivity index (χ1n) is 6.89. The number of morpholine rings is 1. The van der Waals surface area contributed by atoms with Gasteiger partial charge >= 0.3 is 0 Å². The maximum Gasteiger partial charge on any atom is 0.272 e. The van der Waals surface area contributed by atoms with E-state index in [-0.39, 0.29) is 10.9 Å². The number of methoxy groups -OCH3 is 1. The molecule has 1 aromatic heterocycles. The number of sulfonamides is 1. The first-order chi connectivity index (χ1) is 10.0. The van der Waals surface area contributed by atoms with Gasteiger partial charge in [-0.3, -0.25) is 5.32 Å². The molecule has 0 aliphatic carbocycles. The summed E-state index contributed by atoms with van der Waals surface area (Å²) in [6.45, 7) is 4.23. The predicted octanol–water partition coefficient (Wildman–Crippen LogP) is -0.0316. The maximum atomic E-state index is 12.4. The van der Waals surface area contributed by atoms with Crippen molar-refractivity contribution < 1.29 is 22.9 Å². The minimum Gasteiger partial charge on any atom is -0.380 e. The van der Waals surface area contributed by atoms with Crippen molar-refractivity contribution in [3.63, 3.8) is 0 Å². The van der Waals surface area contributed by atoms with Gasteiger partial charge in [0.15, 0.2) is 0 Å². The fraction of sp³-hybridized carbons (Fsp3) is 0.615. The van der Waals surface area contributed by atoms with Crippen molar-refractivity contribution in [2.45, 2.75) is 17.9 Å². The average molecular weight is 316 g/mol. The van der Waals surface area contributed by atoms with Crippen LogP contribution in [0.4, 0.5) is 5.82 Å². The number of aromatic amines is 1. The molecule has 2 N–H and O–H groups in total. The monoisotopic (exact) mass is 316 g/mol. The SMILES string of the molecule is COC[C@@H](C)Nc1ccc(S(=O)(=O)N2CCOCC2)c[nH+]1. The summed E-state index contributed by atoms with van der Waals surface area (Å²) in [6.07, 6.45) is 1.51. The Morgan fingerprint density at radius 3 is 2.71 bits per heavy atom. The van der Waals surface area contributed by atoms with Gasteiger partial charge in [-0.25, -0.2) is 13.4 Å².